The van der Waals surface area contributed by atoms with Gasteiger partial charge in [0.15, 0.2) is 5.78 Å². The number of rotatable bonds is 17. The van der Waals surface area contributed by atoms with Crippen molar-refractivity contribution < 1.29 is 24.2 Å². The number of ketones is 1. The zero-order valence-electron chi connectivity index (χ0n) is 33.2. The predicted molar refractivity (Wildman–Crippen MR) is 224 cm³/mol. The molecule has 2 amide bonds. The monoisotopic (exact) mass is 806 g/mol. The Bertz CT molecular complexity index is 2340. The summed E-state index contributed by atoms with van der Waals surface area (Å²) in [6.45, 7) is 2.65. The van der Waals surface area contributed by atoms with E-state index < -0.39 is 5.60 Å². The average molecular weight is 807 g/mol. The summed E-state index contributed by atoms with van der Waals surface area (Å²) in [5.74, 6) is 0.140. The third-order valence-electron chi connectivity index (χ3n) is 11.3. The van der Waals surface area contributed by atoms with Crippen LogP contribution in [0.3, 0.4) is 0 Å². The van der Waals surface area contributed by atoms with Crippen molar-refractivity contribution in [3.05, 3.63) is 111 Å². The van der Waals surface area contributed by atoms with Gasteiger partial charge in [-0.05, 0) is 95.3 Å². The molecule has 2 fully saturated rings. The van der Waals surface area contributed by atoms with Crippen LogP contribution in [-0.4, -0.2) is 99.5 Å². The lowest BCUT2D eigenvalue weighted by Crippen LogP contribution is -2.51. The summed E-state index contributed by atoms with van der Waals surface area (Å²) >= 11 is 6.58. The number of hydrogen-bond donors (Lipinski definition) is 2. The van der Waals surface area contributed by atoms with Gasteiger partial charge < -0.3 is 25.0 Å². The molecule has 2 aliphatic rings. The Morgan fingerprint density at radius 3 is 2.47 bits per heavy atom. The van der Waals surface area contributed by atoms with E-state index in [1.165, 1.54) is 17.1 Å². The van der Waals surface area contributed by atoms with E-state index >= 15 is 0 Å². The van der Waals surface area contributed by atoms with Gasteiger partial charge in [0.2, 0.25) is 5.91 Å². The number of aliphatic hydroxyl groups is 1. The second kappa shape index (κ2) is 18.2. The third kappa shape index (κ3) is 9.91. The Labute approximate surface area is 343 Å². The number of halogens is 1. The number of amides is 2. The van der Waals surface area contributed by atoms with Gasteiger partial charge in [-0.15, -0.1) is 0 Å². The number of carbonyl (C=O) groups excluding carboxylic acids is 3. The van der Waals surface area contributed by atoms with Gasteiger partial charge in [-0.25, -0.2) is 4.98 Å². The summed E-state index contributed by atoms with van der Waals surface area (Å²) in [6, 6.07) is 20.2. The minimum absolute atomic E-state index is 0.0125. The summed E-state index contributed by atoms with van der Waals surface area (Å²) in [6.07, 6.45) is 7.95. The van der Waals surface area contributed by atoms with Crippen LogP contribution in [0.2, 0.25) is 5.02 Å². The number of likely N-dealkylation sites (tertiary alicyclic amines) is 1. The van der Waals surface area contributed by atoms with Crippen molar-refractivity contribution in [2.24, 2.45) is 11.8 Å². The molecule has 1 aliphatic carbocycles. The maximum Gasteiger partial charge on any atom is 0.261 e. The zero-order chi connectivity index (χ0) is 40.8. The van der Waals surface area contributed by atoms with E-state index in [2.05, 4.69) is 20.2 Å². The van der Waals surface area contributed by atoms with Crippen LogP contribution >= 0.6 is 11.6 Å². The number of nitrogens with zero attached hydrogens (tertiary/aromatic N) is 5. The van der Waals surface area contributed by atoms with E-state index in [1.807, 2.05) is 49.3 Å². The summed E-state index contributed by atoms with van der Waals surface area (Å²) in [5, 5.41) is 16.1. The van der Waals surface area contributed by atoms with E-state index in [-0.39, 0.29) is 41.5 Å². The highest BCUT2D eigenvalue weighted by molar-refractivity contribution is 6.38. The minimum Gasteiger partial charge on any atom is -0.493 e. The maximum absolute atomic E-state index is 14.1. The van der Waals surface area contributed by atoms with E-state index in [9.17, 15) is 24.3 Å². The van der Waals surface area contributed by atoms with Crippen LogP contribution in [0.15, 0.2) is 84.0 Å². The van der Waals surface area contributed by atoms with Crippen LogP contribution in [0.25, 0.3) is 21.8 Å². The second-order valence-electron chi connectivity index (χ2n) is 16.1. The first-order valence-electron chi connectivity index (χ1n) is 20.2. The molecule has 1 aliphatic heterocycles. The molecule has 2 N–H and O–H groups in total. The maximum atomic E-state index is 14.1. The number of piperidine rings is 1. The van der Waals surface area contributed by atoms with Gasteiger partial charge in [-0.1, -0.05) is 48.0 Å². The van der Waals surface area contributed by atoms with Gasteiger partial charge in [0.25, 0.3) is 11.5 Å². The van der Waals surface area contributed by atoms with Gasteiger partial charge in [-0.2, -0.15) is 0 Å². The largest absolute Gasteiger partial charge is 0.493 e. The van der Waals surface area contributed by atoms with Crippen molar-refractivity contribution in [2.45, 2.75) is 63.5 Å². The smallest absolute Gasteiger partial charge is 0.261 e. The SMILES string of the molecule is CN(C)CCCOc1ccc2c(=O)n(CC3(O)CCN(C(=O)[C@H](CCCNC(=O)c4ccc5c(Cl)c(C(=O)C6CC6)cnc5c4)Cc4ccccc4)CC3)cnc2c1. The molecular weight excluding hydrogens is 756 g/mol. The van der Waals surface area contributed by atoms with Gasteiger partial charge in [0.05, 0.1) is 52.1 Å². The fraction of sp³-hybridized carbons (Fsp3) is 0.422. The normalized spacial score (nSPS) is 15.8. The van der Waals surface area contributed by atoms with Crippen molar-refractivity contribution in [3.63, 3.8) is 0 Å². The number of fused-ring (bicyclic) bond motifs is 2. The minimum atomic E-state index is -1.18. The summed E-state index contributed by atoms with van der Waals surface area (Å²) in [7, 11) is 4.03. The molecule has 58 heavy (non-hydrogen) atoms. The molecule has 1 atom stereocenters. The van der Waals surface area contributed by atoms with E-state index in [0.29, 0.717) is 102 Å². The fourth-order valence-corrected chi connectivity index (χ4v) is 7.99. The summed E-state index contributed by atoms with van der Waals surface area (Å²) < 4.78 is 7.32. The first kappa shape index (κ1) is 41.0. The van der Waals surface area contributed by atoms with Crippen LogP contribution in [-0.2, 0) is 17.8 Å². The summed E-state index contributed by atoms with van der Waals surface area (Å²) in [5.41, 5.74) is 1.58. The molecular formula is C45H51ClN6O6. The van der Waals surface area contributed by atoms with Gasteiger partial charge in [0, 0.05) is 61.2 Å². The number of ether oxygens (including phenoxy) is 1. The van der Waals surface area contributed by atoms with E-state index in [4.69, 9.17) is 16.3 Å². The number of hydrogen-bond acceptors (Lipinski definition) is 9. The zero-order valence-corrected chi connectivity index (χ0v) is 33.9. The number of nitrogens with one attached hydrogen (secondary N) is 1. The van der Waals surface area contributed by atoms with Crippen LogP contribution in [0.1, 0.15) is 71.2 Å². The molecule has 3 aromatic carbocycles. The van der Waals surface area contributed by atoms with Crippen LogP contribution < -0.4 is 15.6 Å². The van der Waals surface area contributed by atoms with Crippen LogP contribution in [0, 0.1) is 11.8 Å². The Morgan fingerprint density at radius 1 is 0.983 bits per heavy atom. The lowest BCUT2D eigenvalue weighted by atomic mass is 9.88. The third-order valence-corrected chi connectivity index (χ3v) is 11.7. The Kier molecular flexibility index (Phi) is 12.9. The van der Waals surface area contributed by atoms with Crippen molar-refractivity contribution in [1.82, 2.24) is 29.7 Å². The predicted octanol–water partition coefficient (Wildman–Crippen LogP) is 5.94. The Balaban J connectivity index is 0.934. The molecule has 2 aromatic heterocycles. The molecule has 13 heteroatoms. The molecule has 12 nitrogen and oxygen atoms in total. The van der Waals surface area contributed by atoms with Crippen molar-refractivity contribution in [2.75, 3.05) is 46.9 Å². The first-order chi connectivity index (χ1) is 28.0. The number of pyridine rings is 1. The van der Waals surface area contributed by atoms with Gasteiger partial charge in [-0.3, -0.25) is 28.7 Å². The molecule has 7 rings (SSSR count). The quantitative estimate of drug-likeness (QED) is 0.0861. The number of benzene rings is 3. The number of carbonyl (C=O) groups is 3. The molecule has 0 radical (unpaired) electrons. The van der Waals surface area contributed by atoms with Crippen molar-refractivity contribution >= 4 is 51.0 Å². The summed E-state index contributed by atoms with van der Waals surface area (Å²) in [4.78, 5) is 66.1. The molecule has 1 saturated carbocycles. The Hall–Kier alpha value is -5.17. The molecule has 5 aromatic rings. The first-order valence-corrected chi connectivity index (χ1v) is 20.6. The Morgan fingerprint density at radius 2 is 1.72 bits per heavy atom. The lowest BCUT2D eigenvalue weighted by Gasteiger charge is -2.39. The van der Waals surface area contributed by atoms with Crippen molar-refractivity contribution in [3.8, 4) is 5.75 Å². The topological polar surface area (TPSA) is 147 Å². The van der Waals surface area contributed by atoms with Crippen LogP contribution in [0.5, 0.6) is 5.75 Å². The molecule has 0 spiro atoms. The van der Waals surface area contributed by atoms with E-state index in [0.717, 1.165) is 31.4 Å². The van der Waals surface area contributed by atoms with Crippen LogP contribution in [0.4, 0.5) is 0 Å². The molecule has 304 valence electrons. The second-order valence-corrected chi connectivity index (χ2v) is 16.4. The number of aromatic nitrogens is 3. The highest BCUT2D eigenvalue weighted by atomic mass is 35.5. The van der Waals surface area contributed by atoms with Crippen molar-refractivity contribution in [1.29, 1.82) is 0 Å². The fourth-order valence-electron chi connectivity index (χ4n) is 7.69. The number of Topliss-reactive ketones (excluding diaryl/α,β-unsaturated/α-hetero) is 1. The average Bonchev–Trinajstić information content (AvgIpc) is 4.08. The standard InChI is InChI=1S/C45H51ClN6O6/c1-50(2)20-7-23-58-34-14-16-36-39(26-34)49-29-52(44(36)56)28-45(57)17-21-51(22-18-45)43(55)33(24-30-8-4-3-5-9-30)10-6-19-47-42(54)32-13-15-35-38(25-32)48-27-37(40(35)46)41(53)31-11-12-31/h3-5,8-9,13-16,25-27,29,31,33,57H,6-7,10-12,17-24,28H2,1-2H3,(H,47,54)/t33-/m1/s1. The molecule has 3 heterocycles. The lowest BCUT2D eigenvalue weighted by molar-refractivity contribution is -0.140. The molecule has 0 bridgehead atoms. The van der Waals surface area contributed by atoms with Gasteiger partial charge in [0.1, 0.15) is 5.75 Å². The molecule has 0 unspecified atom stereocenters. The molecule has 1 saturated heterocycles. The highest BCUT2D eigenvalue weighted by Gasteiger charge is 2.37. The van der Waals surface area contributed by atoms with Gasteiger partial charge >= 0.3 is 0 Å². The highest BCUT2D eigenvalue weighted by Crippen LogP contribution is 2.36. The van der Waals surface area contributed by atoms with E-state index in [1.54, 1.807) is 36.4 Å².